The molecule has 1 aliphatic rings. The summed E-state index contributed by atoms with van der Waals surface area (Å²) >= 11 is 0. The zero-order chi connectivity index (χ0) is 15.7. The molecule has 2 heterocycles. The first-order valence-corrected chi connectivity index (χ1v) is 6.97. The van der Waals surface area contributed by atoms with E-state index in [2.05, 4.69) is 11.5 Å². The van der Waals surface area contributed by atoms with Crippen LogP contribution in [-0.2, 0) is 0 Å². The second-order valence-electron chi connectivity index (χ2n) is 5.09. The van der Waals surface area contributed by atoms with Crippen LogP contribution < -0.4 is 19.1 Å². The van der Waals surface area contributed by atoms with Gasteiger partial charge in [0.15, 0.2) is 11.5 Å². The van der Waals surface area contributed by atoms with Gasteiger partial charge in [-0.05, 0) is 17.7 Å². The summed E-state index contributed by atoms with van der Waals surface area (Å²) in [6.07, 6.45) is 1.67. The Morgan fingerprint density at radius 3 is 2.27 bits per heavy atom. The molecule has 0 unspecified atom stereocenters. The van der Waals surface area contributed by atoms with E-state index in [1.807, 2.05) is 24.3 Å². The molecule has 0 radical (unpaired) electrons. The Morgan fingerprint density at radius 1 is 1.14 bits per heavy atom. The molecule has 5 heteroatoms. The lowest BCUT2D eigenvalue weighted by molar-refractivity contribution is 0.324. The van der Waals surface area contributed by atoms with Crippen molar-refractivity contribution < 1.29 is 18.6 Å². The smallest absolute Gasteiger partial charge is 0.203 e. The van der Waals surface area contributed by atoms with Crippen molar-refractivity contribution in [3.63, 3.8) is 0 Å². The predicted molar refractivity (Wildman–Crippen MR) is 84.0 cm³/mol. The van der Waals surface area contributed by atoms with Crippen LogP contribution in [0.1, 0.15) is 11.8 Å². The molecule has 0 saturated carbocycles. The Labute approximate surface area is 129 Å². The zero-order valence-corrected chi connectivity index (χ0v) is 13.0. The summed E-state index contributed by atoms with van der Waals surface area (Å²) in [6.45, 7) is 4.87. The number of furan rings is 1. The second kappa shape index (κ2) is 5.67. The van der Waals surface area contributed by atoms with Crippen molar-refractivity contribution in [2.24, 2.45) is 0 Å². The van der Waals surface area contributed by atoms with Gasteiger partial charge in [0, 0.05) is 24.4 Å². The Kier molecular flexibility index (Phi) is 3.71. The molecule has 1 aromatic carbocycles. The van der Waals surface area contributed by atoms with Gasteiger partial charge in [-0.2, -0.15) is 0 Å². The minimum absolute atomic E-state index is 0.0396. The fraction of sp³-hybridized carbons (Fsp3) is 0.294. The zero-order valence-electron chi connectivity index (χ0n) is 13.0. The highest BCUT2D eigenvalue weighted by Crippen LogP contribution is 2.47. The van der Waals surface area contributed by atoms with Crippen molar-refractivity contribution in [1.82, 2.24) is 0 Å². The minimum atomic E-state index is 0.0396. The Balaban J connectivity index is 2.00. The number of nitrogens with zero attached hydrogens (tertiary/aromatic N) is 1. The molecule has 0 aliphatic carbocycles. The van der Waals surface area contributed by atoms with Crippen LogP contribution in [0.25, 0.3) is 0 Å². The summed E-state index contributed by atoms with van der Waals surface area (Å²) in [7, 11) is 4.82. The molecule has 1 aromatic heterocycles. The summed E-state index contributed by atoms with van der Waals surface area (Å²) in [5.41, 5.74) is 2.09. The molecular formula is C17H19NO4. The van der Waals surface area contributed by atoms with Crippen LogP contribution in [0.3, 0.4) is 0 Å². The van der Waals surface area contributed by atoms with Crippen LogP contribution in [0, 0.1) is 0 Å². The van der Waals surface area contributed by atoms with Crippen LogP contribution in [0.2, 0.25) is 0 Å². The monoisotopic (exact) mass is 301 g/mol. The van der Waals surface area contributed by atoms with Gasteiger partial charge in [0.25, 0.3) is 0 Å². The summed E-state index contributed by atoms with van der Waals surface area (Å²) in [5.74, 6) is 2.73. The molecule has 0 N–H and O–H groups in total. The third-order valence-electron chi connectivity index (χ3n) is 3.87. The first-order chi connectivity index (χ1) is 10.7. The summed E-state index contributed by atoms with van der Waals surface area (Å²) in [5, 5.41) is 0. The van der Waals surface area contributed by atoms with Gasteiger partial charge >= 0.3 is 0 Å². The van der Waals surface area contributed by atoms with Crippen LogP contribution in [-0.4, -0.2) is 27.9 Å². The van der Waals surface area contributed by atoms with Gasteiger partial charge in [0.1, 0.15) is 11.8 Å². The maximum Gasteiger partial charge on any atom is 0.203 e. The summed E-state index contributed by atoms with van der Waals surface area (Å²) in [4.78, 5) is 2.19. The fourth-order valence-electron chi connectivity index (χ4n) is 2.78. The number of hydrogen-bond donors (Lipinski definition) is 0. The third kappa shape index (κ3) is 2.19. The summed E-state index contributed by atoms with van der Waals surface area (Å²) < 4.78 is 21.7. The second-order valence-corrected chi connectivity index (χ2v) is 5.09. The Morgan fingerprint density at radius 2 is 1.82 bits per heavy atom. The molecular weight excluding hydrogens is 282 g/mol. The van der Waals surface area contributed by atoms with Gasteiger partial charge in [-0.25, -0.2) is 0 Å². The van der Waals surface area contributed by atoms with Gasteiger partial charge < -0.3 is 23.5 Å². The molecule has 1 atom stereocenters. The number of ether oxygens (including phenoxy) is 3. The van der Waals surface area contributed by atoms with Crippen LogP contribution in [0.4, 0.5) is 5.69 Å². The molecule has 3 rings (SSSR count). The number of rotatable bonds is 5. The molecule has 1 aliphatic heterocycles. The number of anilines is 1. The van der Waals surface area contributed by atoms with Crippen LogP contribution in [0.15, 0.2) is 47.1 Å². The lowest BCUT2D eigenvalue weighted by atomic mass is 9.93. The lowest BCUT2D eigenvalue weighted by Crippen LogP contribution is -2.43. The molecule has 116 valence electrons. The van der Waals surface area contributed by atoms with Crippen molar-refractivity contribution in [2.45, 2.75) is 6.04 Å². The van der Waals surface area contributed by atoms with E-state index in [-0.39, 0.29) is 6.04 Å². The molecule has 0 spiro atoms. The molecule has 5 nitrogen and oxygen atoms in total. The van der Waals surface area contributed by atoms with Gasteiger partial charge in [0.05, 0.1) is 27.6 Å². The standard InChI is InChI=1S/C17H19NO4/c1-11-10-18(16(11)13-6-5-7-22-13)12-8-14(19-2)17(21-4)15(9-12)20-3/h5-9,16H,1,10H2,2-4H3/t16-/m1/s1. The first kappa shape index (κ1) is 14.4. The molecule has 0 bridgehead atoms. The van der Waals surface area contributed by atoms with E-state index >= 15 is 0 Å². The van der Waals surface area contributed by atoms with Gasteiger partial charge in [0.2, 0.25) is 5.75 Å². The molecule has 2 aromatic rings. The average molecular weight is 301 g/mol. The SMILES string of the molecule is C=C1CN(c2cc(OC)c(OC)c(OC)c2)[C@H]1c1ccco1. The predicted octanol–water partition coefficient (Wildman–Crippen LogP) is 3.42. The molecule has 0 amide bonds. The van der Waals surface area contributed by atoms with E-state index in [4.69, 9.17) is 18.6 Å². The quantitative estimate of drug-likeness (QED) is 0.792. The van der Waals surface area contributed by atoms with Gasteiger partial charge in [-0.3, -0.25) is 0 Å². The number of methoxy groups -OCH3 is 3. The minimum Gasteiger partial charge on any atom is -0.493 e. The van der Waals surface area contributed by atoms with Crippen molar-refractivity contribution in [3.05, 3.63) is 48.4 Å². The van der Waals surface area contributed by atoms with E-state index in [1.165, 1.54) is 0 Å². The van der Waals surface area contributed by atoms with E-state index in [0.29, 0.717) is 17.2 Å². The Hall–Kier alpha value is -2.56. The maximum absolute atomic E-state index is 5.53. The normalized spacial score (nSPS) is 17.1. The van der Waals surface area contributed by atoms with Gasteiger partial charge in [-0.1, -0.05) is 6.58 Å². The van der Waals surface area contributed by atoms with Crippen molar-refractivity contribution in [3.8, 4) is 17.2 Å². The largest absolute Gasteiger partial charge is 0.493 e. The summed E-state index contributed by atoms with van der Waals surface area (Å²) in [6, 6.07) is 7.75. The maximum atomic E-state index is 5.53. The number of benzene rings is 1. The van der Waals surface area contributed by atoms with Gasteiger partial charge in [-0.15, -0.1) is 0 Å². The van der Waals surface area contributed by atoms with Crippen molar-refractivity contribution >= 4 is 5.69 Å². The Bertz CT molecular complexity index is 653. The highest BCUT2D eigenvalue weighted by molar-refractivity contribution is 5.67. The number of hydrogen-bond acceptors (Lipinski definition) is 5. The molecule has 22 heavy (non-hydrogen) atoms. The topological polar surface area (TPSA) is 44.1 Å². The highest BCUT2D eigenvalue weighted by atomic mass is 16.5. The molecule has 1 saturated heterocycles. The molecule has 1 fully saturated rings. The van der Waals surface area contributed by atoms with Crippen LogP contribution >= 0.6 is 0 Å². The lowest BCUT2D eigenvalue weighted by Gasteiger charge is -2.43. The van der Waals surface area contributed by atoms with E-state index in [0.717, 1.165) is 23.6 Å². The van der Waals surface area contributed by atoms with E-state index < -0.39 is 0 Å². The van der Waals surface area contributed by atoms with Crippen LogP contribution in [0.5, 0.6) is 17.2 Å². The highest BCUT2D eigenvalue weighted by Gasteiger charge is 2.36. The van der Waals surface area contributed by atoms with Crippen molar-refractivity contribution in [1.29, 1.82) is 0 Å². The van der Waals surface area contributed by atoms with E-state index in [9.17, 15) is 0 Å². The van der Waals surface area contributed by atoms with Crippen molar-refractivity contribution in [2.75, 3.05) is 32.8 Å². The third-order valence-corrected chi connectivity index (χ3v) is 3.87. The first-order valence-electron chi connectivity index (χ1n) is 6.97. The fourth-order valence-corrected chi connectivity index (χ4v) is 2.78. The average Bonchev–Trinajstić information content (AvgIpc) is 3.04. The van der Waals surface area contributed by atoms with E-state index in [1.54, 1.807) is 27.6 Å².